The summed E-state index contributed by atoms with van der Waals surface area (Å²) in [6.45, 7) is 2.80. The Kier molecular flexibility index (Phi) is 6.08. The second-order valence-corrected chi connectivity index (χ2v) is 8.03. The molecule has 1 aliphatic carbocycles. The van der Waals surface area contributed by atoms with E-state index in [0.29, 0.717) is 18.9 Å². The van der Waals surface area contributed by atoms with Crippen molar-refractivity contribution in [2.75, 3.05) is 25.0 Å². The Hall–Kier alpha value is -2.42. The largest absolute Gasteiger partial charge is 0.417 e. The van der Waals surface area contributed by atoms with Crippen LogP contribution in [0.25, 0.3) is 0 Å². The van der Waals surface area contributed by atoms with E-state index in [-0.39, 0.29) is 11.6 Å². The van der Waals surface area contributed by atoms with Crippen LogP contribution in [0.3, 0.4) is 0 Å². The highest BCUT2D eigenvalue weighted by Crippen LogP contribution is 2.29. The molecule has 0 radical (unpaired) electrons. The molecule has 1 N–H and O–H groups in total. The number of nitrogens with one attached hydrogen (secondary N) is 1. The van der Waals surface area contributed by atoms with Gasteiger partial charge in [-0.2, -0.15) is 18.3 Å². The molecule has 1 saturated heterocycles. The fourth-order valence-corrected chi connectivity index (χ4v) is 4.30. The number of nitrogens with zero attached hydrogens (tertiary/aromatic N) is 4. The van der Waals surface area contributed by atoms with Gasteiger partial charge < -0.3 is 5.32 Å². The minimum Gasteiger partial charge on any atom is -0.369 e. The fraction of sp³-hybridized carbons (Fsp3) is 0.571. The number of halogens is 3. The Morgan fingerprint density at radius 3 is 2.77 bits per heavy atom. The van der Waals surface area contributed by atoms with Crippen molar-refractivity contribution in [3.63, 3.8) is 0 Å². The highest BCUT2D eigenvalue weighted by Gasteiger charge is 2.30. The number of anilines is 1. The minimum atomic E-state index is -4.38. The highest BCUT2D eigenvalue weighted by molar-refractivity contribution is 5.36. The van der Waals surface area contributed by atoms with Gasteiger partial charge >= 0.3 is 6.18 Å². The number of likely N-dealkylation sites (tertiary alicyclic amines) is 1. The van der Waals surface area contributed by atoms with E-state index in [1.165, 1.54) is 6.07 Å². The fourth-order valence-electron chi connectivity index (χ4n) is 4.30. The van der Waals surface area contributed by atoms with Crippen molar-refractivity contribution in [2.24, 2.45) is 0 Å². The molecule has 1 atom stereocenters. The van der Waals surface area contributed by atoms with Gasteiger partial charge in [-0.25, -0.2) is 9.67 Å². The van der Waals surface area contributed by atoms with Crippen molar-refractivity contribution in [1.82, 2.24) is 19.7 Å². The van der Waals surface area contributed by atoms with Crippen LogP contribution in [0, 0.1) is 0 Å². The summed E-state index contributed by atoms with van der Waals surface area (Å²) in [5.41, 5.74) is 1.33. The lowest BCUT2D eigenvalue weighted by Crippen LogP contribution is -2.45. The molecule has 3 heterocycles. The van der Waals surface area contributed by atoms with E-state index in [0.717, 1.165) is 75.1 Å². The van der Waals surface area contributed by atoms with E-state index in [2.05, 4.69) is 20.3 Å². The van der Waals surface area contributed by atoms with Gasteiger partial charge in [-0.1, -0.05) is 6.42 Å². The van der Waals surface area contributed by atoms with Gasteiger partial charge in [0, 0.05) is 31.4 Å². The molecular weight excluding hydrogens is 395 g/mol. The maximum absolute atomic E-state index is 12.7. The van der Waals surface area contributed by atoms with Crippen LogP contribution >= 0.6 is 0 Å². The summed E-state index contributed by atoms with van der Waals surface area (Å²) in [5.74, 6) is 0.435. The van der Waals surface area contributed by atoms with Gasteiger partial charge in [-0.15, -0.1) is 0 Å². The Labute approximate surface area is 173 Å². The summed E-state index contributed by atoms with van der Waals surface area (Å²) in [7, 11) is 0. The van der Waals surface area contributed by atoms with E-state index in [1.54, 1.807) is 10.7 Å². The first-order chi connectivity index (χ1) is 14.4. The maximum Gasteiger partial charge on any atom is 0.417 e. The number of hydrogen-bond donors (Lipinski definition) is 1. The molecule has 0 saturated carbocycles. The van der Waals surface area contributed by atoms with Crippen LogP contribution in [0.15, 0.2) is 29.2 Å². The van der Waals surface area contributed by atoms with Crippen LogP contribution in [0.4, 0.5) is 19.0 Å². The summed E-state index contributed by atoms with van der Waals surface area (Å²) in [4.78, 5) is 18.5. The maximum atomic E-state index is 12.7. The van der Waals surface area contributed by atoms with Crippen LogP contribution in [-0.4, -0.2) is 45.3 Å². The Morgan fingerprint density at radius 1 is 1.13 bits per heavy atom. The third-order valence-corrected chi connectivity index (χ3v) is 5.98. The smallest absolute Gasteiger partial charge is 0.369 e. The van der Waals surface area contributed by atoms with Crippen molar-refractivity contribution in [3.8, 4) is 0 Å². The molecule has 162 valence electrons. The van der Waals surface area contributed by atoms with Crippen molar-refractivity contribution >= 4 is 5.82 Å². The number of aryl methyl sites for hydroxylation is 2. The predicted octanol–water partition coefficient (Wildman–Crippen LogP) is 3.11. The summed E-state index contributed by atoms with van der Waals surface area (Å²) >= 11 is 0. The van der Waals surface area contributed by atoms with Crippen LogP contribution in [0.2, 0.25) is 0 Å². The standard InChI is InChI=1S/C21H26F3N5O/c22-21(23,24)16-7-8-19(25-13-16)26-14-17-5-1-2-9-28(17)10-11-29-20(30)12-15-4-3-6-18(15)27-29/h7-8,12-13,17H,1-6,9-11,14H2,(H,25,26). The van der Waals surface area contributed by atoms with E-state index in [9.17, 15) is 18.0 Å². The van der Waals surface area contributed by atoms with Crippen LogP contribution in [0.5, 0.6) is 0 Å². The molecule has 4 rings (SSSR count). The zero-order chi connectivity index (χ0) is 21.1. The molecule has 6 nitrogen and oxygen atoms in total. The number of fused-ring (bicyclic) bond motifs is 1. The molecule has 1 fully saturated rings. The van der Waals surface area contributed by atoms with Gasteiger partial charge in [0.1, 0.15) is 5.82 Å². The molecule has 0 aromatic carbocycles. The number of rotatable bonds is 6. The lowest BCUT2D eigenvalue weighted by molar-refractivity contribution is -0.137. The average molecular weight is 421 g/mol. The zero-order valence-corrected chi connectivity index (χ0v) is 16.8. The Morgan fingerprint density at radius 2 is 2.00 bits per heavy atom. The van der Waals surface area contributed by atoms with Gasteiger partial charge in [0.25, 0.3) is 5.56 Å². The Bertz CT molecular complexity index is 926. The average Bonchev–Trinajstić information content (AvgIpc) is 3.18. The molecule has 1 unspecified atom stereocenters. The van der Waals surface area contributed by atoms with Crippen LogP contribution in [0.1, 0.15) is 42.5 Å². The second kappa shape index (κ2) is 8.75. The van der Waals surface area contributed by atoms with Gasteiger partial charge in [0.15, 0.2) is 0 Å². The molecule has 0 spiro atoms. The molecule has 1 aliphatic heterocycles. The minimum absolute atomic E-state index is 0.0451. The number of aromatic nitrogens is 3. The second-order valence-electron chi connectivity index (χ2n) is 8.03. The van der Waals surface area contributed by atoms with E-state index in [1.807, 2.05) is 0 Å². The first-order valence-electron chi connectivity index (χ1n) is 10.5. The number of hydrogen-bond acceptors (Lipinski definition) is 5. The molecule has 2 aliphatic rings. The summed E-state index contributed by atoms with van der Waals surface area (Å²) in [6, 6.07) is 4.37. The quantitative estimate of drug-likeness (QED) is 0.777. The molecule has 2 aromatic heterocycles. The van der Waals surface area contributed by atoms with Crippen molar-refractivity contribution < 1.29 is 13.2 Å². The lowest BCUT2D eigenvalue weighted by atomic mass is 10.0. The van der Waals surface area contributed by atoms with Crippen LogP contribution < -0.4 is 10.9 Å². The van der Waals surface area contributed by atoms with Gasteiger partial charge in [-0.05, 0) is 56.3 Å². The molecule has 9 heteroatoms. The predicted molar refractivity (Wildman–Crippen MR) is 107 cm³/mol. The van der Waals surface area contributed by atoms with Crippen molar-refractivity contribution in [3.05, 3.63) is 51.6 Å². The summed E-state index contributed by atoms with van der Waals surface area (Å²) < 4.78 is 39.6. The number of pyridine rings is 1. The number of piperidine rings is 1. The molecule has 0 bridgehead atoms. The topological polar surface area (TPSA) is 63.1 Å². The summed E-state index contributed by atoms with van der Waals surface area (Å²) in [6.07, 6.45) is 2.62. The molecule has 2 aromatic rings. The van der Waals surface area contributed by atoms with Crippen molar-refractivity contribution in [2.45, 2.75) is 57.3 Å². The first-order valence-corrected chi connectivity index (χ1v) is 10.5. The van der Waals surface area contributed by atoms with E-state index in [4.69, 9.17) is 0 Å². The third-order valence-electron chi connectivity index (χ3n) is 5.98. The SMILES string of the molecule is O=c1cc2c(nn1CCN1CCCCC1CNc1ccc(C(F)(F)F)cn1)CCC2. The van der Waals surface area contributed by atoms with Gasteiger partial charge in [0.05, 0.1) is 17.8 Å². The molecular formula is C21H26F3N5O. The van der Waals surface area contributed by atoms with Crippen molar-refractivity contribution in [1.29, 1.82) is 0 Å². The van der Waals surface area contributed by atoms with E-state index < -0.39 is 11.7 Å². The highest BCUT2D eigenvalue weighted by atomic mass is 19.4. The zero-order valence-electron chi connectivity index (χ0n) is 16.8. The third kappa shape index (κ3) is 4.83. The molecule has 0 amide bonds. The number of alkyl halides is 3. The Balaban J connectivity index is 1.35. The van der Waals surface area contributed by atoms with E-state index >= 15 is 0 Å². The normalized spacial score (nSPS) is 19.6. The monoisotopic (exact) mass is 421 g/mol. The summed E-state index contributed by atoms with van der Waals surface area (Å²) in [5, 5.41) is 7.71. The van der Waals surface area contributed by atoms with Gasteiger partial charge in [-0.3, -0.25) is 9.69 Å². The first kappa shape index (κ1) is 20.8. The molecule has 30 heavy (non-hydrogen) atoms. The van der Waals surface area contributed by atoms with Crippen LogP contribution in [-0.2, 0) is 25.6 Å². The lowest BCUT2D eigenvalue weighted by Gasteiger charge is -2.36. The van der Waals surface area contributed by atoms with Gasteiger partial charge in [0.2, 0.25) is 0 Å².